The van der Waals surface area contributed by atoms with E-state index in [0.717, 1.165) is 11.9 Å². The van der Waals surface area contributed by atoms with E-state index in [2.05, 4.69) is 15.3 Å². The number of benzene rings is 1. The molecule has 0 unspecified atom stereocenters. The number of hydrogen-bond donors (Lipinski definition) is 3. The molecule has 2 heterocycles. The lowest BCUT2D eigenvalue weighted by molar-refractivity contribution is -0.0398. The molecule has 1 aromatic heterocycles. The van der Waals surface area contributed by atoms with Crippen LogP contribution >= 0.6 is 11.6 Å². The van der Waals surface area contributed by atoms with Gasteiger partial charge < -0.3 is 20.3 Å². The summed E-state index contributed by atoms with van der Waals surface area (Å²) in [5, 5.41) is 35.4. The van der Waals surface area contributed by atoms with Crippen molar-refractivity contribution in [3.05, 3.63) is 29.0 Å². The summed E-state index contributed by atoms with van der Waals surface area (Å²) in [5.41, 5.74) is 1.25. The van der Waals surface area contributed by atoms with Crippen LogP contribution < -0.4 is 5.32 Å². The molecule has 2 aliphatic rings. The second-order valence-corrected chi connectivity index (χ2v) is 7.02. The maximum Gasteiger partial charge on any atom is 0.224 e. The fourth-order valence-electron chi connectivity index (χ4n) is 3.15. The van der Waals surface area contributed by atoms with Crippen molar-refractivity contribution in [2.24, 2.45) is 5.92 Å². The van der Waals surface area contributed by atoms with Gasteiger partial charge in [-0.1, -0.05) is 6.07 Å². The van der Waals surface area contributed by atoms with Crippen LogP contribution in [0.25, 0.3) is 10.9 Å². The van der Waals surface area contributed by atoms with Gasteiger partial charge in [-0.25, -0.2) is 15.1 Å². The number of aromatic nitrogens is 2. The molecular weight excluding hydrogens is 346 g/mol. The van der Waals surface area contributed by atoms with Crippen molar-refractivity contribution in [3.63, 3.8) is 0 Å². The molecule has 0 amide bonds. The number of halogens is 1. The maximum absolute atomic E-state index is 11.1. The summed E-state index contributed by atoms with van der Waals surface area (Å²) in [6.45, 7) is 0.248. The van der Waals surface area contributed by atoms with Crippen molar-refractivity contribution in [1.82, 2.24) is 9.97 Å². The molecule has 2 aromatic rings. The summed E-state index contributed by atoms with van der Waals surface area (Å²) in [6.07, 6.45) is -1.57. The Kier molecular flexibility index (Phi) is 4.51. The average molecular weight is 365 g/mol. The highest BCUT2D eigenvalue weighted by Gasteiger charge is 2.43. The van der Waals surface area contributed by atoms with Gasteiger partial charge >= 0.3 is 0 Å². The normalized spacial score (nSPS) is 29.3. The van der Waals surface area contributed by atoms with Gasteiger partial charge in [-0.3, -0.25) is 0 Å². The van der Waals surface area contributed by atoms with E-state index in [0.29, 0.717) is 22.8 Å². The standard InChI is InChI=1S/C17H19ClN3O4/c18-17-20-11-5-9(15-14(24)13(23)12(7-22)25-15)3-4-10(11)16(21-17)19-6-8-1-2-8/h3-5,8,12-15,23-24H,1-2,6-7H2,(H,19,20,21)/t12-,13-,14-,15+/m1/s1. The van der Waals surface area contributed by atoms with E-state index in [1.165, 1.54) is 12.8 Å². The van der Waals surface area contributed by atoms with Gasteiger partial charge in [0.05, 0.1) is 5.52 Å². The number of nitrogens with zero attached hydrogens (tertiary/aromatic N) is 2. The second kappa shape index (κ2) is 6.66. The quantitative estimate of drug-likeness (QED) is 0.697. The third kappa shape index (κ3) is 3.30. The first-order valence-electron chi connectivity index (χ1n) is 8.37. The summed E-state index contributed by atoms with van der Waals surface area (Å²) in [6, 6.07) is 5.37. The minimum absolute atomic E-state index is 0.133. The third-order valence-corrected chi connectivity index (χ3v) is 4.97. The van der Waals surface area contributed by atoms with Crippen molar-refractivity contribution in [3.8, 4) is 0 Å². The van der Waals surface area contributed by atoms with E-state index in [-0.39, 0.29) is 5.28 Å². The first kappa shape index (κ1) is 16.9. The molecule has 4 rings (SSSR count). The Balaban J connectivity index is 1.65. The lowest BCUT2D eigenvalue weighted by atomic mass is 10.0. The van der Waals surface area contributed by atoms with Gasteiger partial charge in [0, 0.05) is 11.9 Å². The number of hydrogen-bond acceptors (Lipinski definition) is 6. The summed E-state index contributed by atoms with van der Waals surface area (Å²) in [4.78, 5) is 8.51. The predicted molar refractivity (Wildman–Crippen MR) is 90.9 cm³/mol. The van der Waals surface area contributed by atoms with Crippen LogP contribution in [0.2, 0.25) is 5.28 Å². The van der Waals surface area contributed by atoms with Gasteiger partial charge in [-0.15, -0.1) is 0 Å². The Labute approximate surface area is 149 Å². The number of anilines is 1. The van der Waals surface area contributed by atoms with Gasteiger partial charge in [-0.05, 0) is 48.1 Å². The molecule has 4 atom stereocenters. The summed E-state index contributed by atoms with van der Waals surface area (Å²) >= 11 is 6.04. The van der Waals surface area contributed by atoms with E-state index < -0.39 is 31.0 Å². The number of aliphatic hydroxyl groups is 2. The molecule has 0 spiro atoms. The molecule has 7 nitrogen and oxygen atoms in total. The average Bonchev–Trinajstić information content (AvgIpc) is 3.38. The molecule has 1 radical (unpaired) electrons. The van der Waals surface area contributed by atoms with Crippen LogP contribution in [0.15, 0.2) is 18.2 Å². The van der Waals surface area contributed by atoms with Crippen molar-refractivity contribution < 1.29 is 20.1 Å². The molecule has 1 aliphatic heterocycles. The van der Waals surface area contributed by atoms with Crippen LogP contribution in [0.1, 0.15) is 24.5 Å². The molecule has 8 heteroatoms. The topological polar surface area (TPSA) is 107 Å². The molecule has 25 heavy (non-hydrogen) atoms. The number of nitrogens with one attached hydrogen (secondary N) is 1. The smallest absolute Gasteiger partial charge is 0.224 e. The molecular formula is C17H19ClN3O4. The highest BCUT2D eigenvalue weighted by atomic mass is 35.5. The van der Waals surface area contributed by atoms with Gasteiger partial charge in [0.15, 0.2) is 0 Å². The predicted octanol–water partition coefficient (Wildman–Crippen LogP) is 1.70. The third-order valence-electron chi connectivity index (χ3n) is 4.80. The number of aliphatic hydroxyl groups excluding tert-OH is 2. The van der Waals surface area contributed by atoms with E-state index in [1.54, 1.807) is 12.1 Å². The van der Waals surface area contributed by atoms with Gasteiger partial charge in [0.25, 0.3) is 0 Å². The maximum atomic E-state index is 11.1. The van der Waals surface area contributed by atoms with Crippen molar-refractivity contribution in [2.75, 3.05) is 18.5 Å². The molecule has 1 saturated carbocycles. The first-order chi connectivity index (χ1) is 12.1. The zero-order chi connectivity index (χ0) is 17.6. The lowest BCUT2D eigenvalue weighted by Crippen LogP contribution is -2.32. The number of fused-ring (bicyclic) bond motifs is 1. The zero-order valence-corrected chi connectivity index (χ0v) is 14.2. The molecule has 133 valence electrons. The van der Waals surface area contributed by atoms with Gasteiger partial charge in [0.1, 0.15) is 36.8 Å². The van der Waals surface area contributed by atoms with Crippen molar-refractivity contribution in [2.45, 2.75) is 37.3 Å². The fraction of sp³-hybridized carbons (Fsp3) is 0.529. The lowest BCUT2D eigenvalue weighted by Gasteiger charge is -2.16. The Morgan fingerprint density at radius 2 is 2.04 bits per heavy atom. The van der Waals surface area contributed by atoms with Crippen LogP contribution in [0, 0.1) is 5.92 Å². The largest absolute Gasteiger partial charge is 0.387 e. The minimum atomic E-state index is -1.19. The monoisotopic (exact) mass is 364 g/mol. The first-order valence-corrected chi connectivity index (χ1v) is 8.75. The van der Waals surface area contributed by atoms with Gasteiger partial charge in [-0.2, -0.15) is 0 Å². The SMILES string of the molecule is [O]C[C@H]1O[C@@H](c2ccc3c(NCC4CC4)nc(Cl)nc3c2)[C@H](O)[C@@H]1O. The Bertz CT molecular complexity index is 786. The molecule has 0 bridgehead atoms. The highest BCUT2D eigenvalue weighted by Crippen LogP contribution is 2.36. The highest BCUT2D eigenvalue weighted by molar-refractivity contribution is 6.28. The van der Waals surface area contributed by atoms with Crippen LogP contribution in [-0.4, -0.2) is 51.6 Å². The van der Waals surface area contributed by atoms with Crippen LogP contribution in [0.4, 0.5) is 5.82 Å². The van der Waals surface area contributed by atoms with E-state index >= 15 is 0 Å². The van der Waals surface area contributed by atoms with E-state index in [4.69, 9.17) is 16.3 Å². The number of rotatable bonds is 5. The molecule has 3 N–H and O–H groups in total. The van der Waals surface area contributed by atoms with E-state index in [9.17, 15) is 15.3 Å². The number of ether oxygens (including phenoxy) is 1. The fourth-order valence-corrected chi connectivity index (χ4v) is 3.33. The van der Waals surface area contributed by atoms with Crippen LogP contribution in [0.5, 0.6) is 0 Å². The minimum Gasteiger partial charge on any atom is -0.387 e. The van der Waals surface area contributed by atoms with Crippen LogP contribution in [0.3, 0.4) is 0 Å². The zero-order valence-electron chi connectivity index (χ0n) is 13.4. The van der Waals surface area contributed by atoms with E-state index in [1.807, 2.05) is 6.07 Å². The van der Waals surface area contributed by atoms with Crippen LogP contribution in [-0.2, 0) is 9.84 Å². The Hall–Kier alpha value is -1.51. The molecule has 1 saturated heterocycles. The Morgan fingerprint density at radius 1 is 1.24 bits per heavy atom. The molecule has 2 fully saturated rings. The summed E-state index contributed by atoms with van der Waals surface area (Å²) in [5.74, 6) is 1.37. The van der Waals surface area contributed by atoms with Crippen molar-refractivity contribution in [1.29, 1.82) is 0 Å². The molecule has 1 aliphatic carbocycles. The molecule has 1 aromatic carbocycles. The summed E-state index contributed by atoms with van der Waals surface area (Å²) in [7, 11) is 0. The van der Waals surface area contributed by atoms with Crippen molar-refractivity contribution >= 4 is 28.3 Å². The second-order valence-electron chi connectivity index (χ2n) is 6.69. The van der Waals surface area contributed by atoms with Gasteiger partial charge in [0.2, 0.25) is 5.28 Å². The Morgan fingerprint density at radius 3 is 2.72 bits per heavy atom. The summed E-state index contributed by atoms with van der Waals surface area (Å²) < 4.78 is 5.51.